The van der Waals surface area contributed by atoms with Crippen LogP contribution in [0.4, 0.5) is 0 Å². The summed E-state index contributed by atoms with van der Waals surface area (Å²) >= 11 is 0. The van der Waals surface area contributed by atoms with Gasteiger partial charge in [-0.1, -0.05) is 0 Å². The monoisotopic (exact) mass is 225 g/mol. The summed E-state index contributed by atoms with van der Waals surface area (Å²) in [5.41, 5.74) is 0. The molecule has 5 nitrogen and oxygen atoms in total. The van der Waals surface area contributed by atoms with E-state index in [1.54, 1.807) is 16.8 Å². The van der Waals surface area contributed by atoms with Crippen molar-refractivity contribution in [2.75, 3.05) is 39.8 Å². The highest BCUT2D eigenvalue weighted by molar-refractivity contribution is 5.85. The molecule has 5 heteroatoms. The van der Waals surface area contributed by atoms with Crippen molar-refractivity contribution in [3.8, 4) is 0 Å². The average molecular weight is 225 g/mol. The SMILES string of the molecule is CN1CCCN(C(=O)CC2CNC2)CC1=O. The minimum absolute atomic E-state index is 0.0533. The Hall–Kier alpha value is -1.10. The lowest BCUT2D eigenvalue weighted by atomic mass is 9.98. The minimum atomic E-state index is 0.0533. The molecule has 0 atom stereocenters. The fourth-order valence-corrected chi connectivity index (χ4v) is 2.07. The summed E-state index contributed by atoms with van der Waals surface area (Å²) in [5, 5.41) is 3.15. The van der Waals surface area contributed by atoms with Crippen LogP contribution in [0.25, 0.3) is 0 Å². The molecule has 0 saturated carbocycles. The Labute approximate surface area is 95.8 Å². The van der Waals surface area contributed by atoms with E-state index in [-0.39, 0.29) is 18.4 Å². The van der Waals surface area contributed by atoms with E-state index in [0.29, 0.717) is 12.3 Å². The molecule has 2 rings (SSSR count). The van der Waals surface area contributed by atoms with Crippen molar-refractivity contribution >= 4 is 11.8 Å². The molecule has 0 aromatic carbocycles. The van der Waals surface area contributed by atoms with Crippen molar-refractivity contribution < 1.29 is 9.59 Å². The first kappa shape index (κ1) is 11.4. The highest BCUT2D eigenvalue weighted by Gasteiger charge is 2.26. The Balaban J connectivity index is 1.87. The van der Waals surface area contributed by atoms with E-state index in [9.17, 15) is 9.59 Å². The topological polar surface area (TPSA) is 52.6 Å². The summed E-state index contributed by atoms with van der Waals surface area (Å²) in [6, 6.07) is 0. The molecule has 2 heterocycles. The first-order chi connectivity index (χ1) is 7.66. The van der Waals surface area contributed by atoms with Crippen LogP contribution in [0.5, 0.6) is 0 Å². The van der Waals surface area contributed by atoms with Gasteiger partial charge in [0.15, 0.2) is 0 Å². The van der Waals surface area contributed by atoms with Gasteiger partial charge in [0.25, 0.3) is 0 Å². The molecule has 0 aromatic rings. The van der Waals surface area contributed by atoms with E-state index in [1.807, 2.05) is 0 Å². The molecule has 0 aliphatic carbocycles. The van der Waals surface area contributed by atoms with Gasteiger partial charge in [0.2, 0.25) is 11.8 Å². The van der Waals surface area contributed by atoms with Crippen molar-refractivity contribution in [2.24, 2.45) is 5.92 Å². The molecule has 0 aromatic heterocycles. The lowest BCUT2D eigenvalue weighted by Gasteiger charge is -2.29. The predicted octanol–water partition coefficient (Wildman–Crippen LogP) is -0.713. The van der Waals surface area contributed by atoms with E-state index < -0.39 is 0 Å². The van der Waals surface area contributed by atoms with Crippen LogP contribution in [-0.4, -0.2) is 61.4 Å². The molecule has 0 unspecified atom stereocenters. The number of hydrogen-bond acceptors (Lipinski definition) is 3. The highest BCUT2D eigenvalue weighted by atomic mass is 16.2. The lowest BCUT2D eigenvalue weighted by Crippen LogP contribution is -2.46. The van der Waals surface area contributed by atoms with Crippen LogP contribution in [0.15, 0.2) is 0 Å². The van der Waals surface area contributed by atoms with Gasteiger partial charge in [0, 0.05) is 26.6 Å². The third kappa shape index (κ3) is 2.52. The van der Waals surface area contributed by atoms with Gasteiger partial charge >= 0.3 is 0 Å². The molecule has 2 aliphatic heterocycles. The second-order valence-electron chi connectivity index (χ2n) is 4.71. The Morgan fingerprint density at radius 1 is 1.44 bits per heavy atom. The molecule has 2 amide bonds. The maximum absolute atomic E-state index is 11.9. The number of hydrogen-bond donors (Lipinski definition) is 1. The molecule has 2 fully saturated rings. The third-order valence-corrected chi connectivity index (χ3v) is 3.36. The van der Waals surface area contributed by atoms with Gasteiger partial charge in [0.1, 0.15) is 0 Å². The van der Waals surface area contributed by atoms with Gasteiger partial charge in [-0.3, -0.25) is 9.59 Å². The largest absolute Gasteiger partial charge is 0.344 e. The Bertz CT molecular complexity index is 289. The van der Waals surface area contributed by atoms with Crippen LogP contribution in [0.1, 0.15) is 12.8 Å². The normalized spacial score (nSPS) is 22.9. The fraction of sp³-hybridized carbons (Fsp3) is 0.818. The van der Waals surface area contributed by atoms with E-state index in [2.05, 4.69) is 5.32 Å². The first-order valence-corrected chi connectivity index (χ1v) is 5.89. The van der Waals surface area contributed by atoms with Gasteiger partial charge in [-0.15, -0.1) is 0 Å². The average Bonchev–Trinajstić information content (AvgIpc) is 2.35. The zero-order chi connectivity index (χ0) is 11.5. The standard InChI is InChI=1S/C11H19N3O2/c1-13-3-2-4-14(8-11(13)16)10(15)5-9-6-12-7-9/h9,12H,2-8H2,1H3. The van der Waals surface area contributed by atoms with Gasteiger partial charge in [-0.2, -0.15) is 0 Å². The van der Waals surface area contributed by atoms with E-state index in [4.69, 9.17) is 0 Å². The summed E-state index contributed by atoms with van der Waals surface area (Å²) in [7, 11) is 1.80. The number of carbonyl (C=O) groups is 2. The van der Waals surface area contributed by atoms with Gasteiger partial charge < -0.3 is 15.1 Å². The Morgan fingerprint density at radius 3 is 2.81 bits per heavy atom. The molecule has 0 spiro atoms. The molecule has 16 heavy (non-hydrogen) atoms. The number of nitrogens with one attached hydrogen (secondary N) is 1. The lowest BCUT2D eigenvalue weighted by molar-refractivity contribution is -0.138. The molecule has 1 N–H and O–H groups in total. The Kier molecular flexibility index (Phi) is 3.43. The molecule has 0 bridgehead atoms. The first-order valence-electron chi connectivity index (χ1n) is 5.89. The van der Waals surface area contributed by atoms with E-state index >= 15 is 0 Å². The number of carbonyl (C=O) groups excluding carboxylic acids is 2. The predicted molar refractivity (Wildman–Crippen MR) is 59.8 cm³/mol. The van der Waals surface area contributed by atoms with E-state index in [1.165, 1.54) is 0 Å². The second kappa shape index (κ2) is 4.82. The van der Waals surface area contributed by atoms with Crippen molar-refractivity contribution in [1.82, 2.24) is 15.1 Å². The van der Waals surface area contributed by atoms with Crippen molar-refractivity contribution in [1.29, 1.82) is 0 Å². The molecule has 0 radical (unpaired) electrons. The minimum Gasteiger partial charge on any atom is -0.344 e. The van der Waals surface area contributed by atoms with Gasteiger partial charge in [-0.25, -0.2) is 0 Å². The smallest absolute Gasteiger partial charge is 0.241 e. The van der Waals surface area contributed by atoms with Crippen LogP contribution in [0, 0.1) is 5.92 Å². The summed E-state index contributed by atoms with van der Waals surface area (Å²) in [4.78, 5) is 27.0. The van der Waals surface area contributed by atoms with Crippen LogP contribution >= 0.6 is 0 Å². The number of nitrogens with zero attached hydrogens (tertiary/aromatic N) is 2. The fourth-order valence-electron chi connectivity index (χ4n) is 2.07. The highest BCUT2D eigenvalue weighted by Crippen LogP contribution is 2.12. The quantitative estimate of drug-likeness (QED) is 0.675. The second-order valence-corrected chi connectivity index (χ2v) is 4.71. The van der Waals surface area contributed by atoms with Gasteiger partial charge in [0.05, 0.1) is 6.54 Å². The maximum Gasteiger partial charge on any atom is 0.241 e. The number of amides is 2. The number of likely N-dealkylation sites (N-methyl/N-ethyl adjacent to an activating group) is 1. The summed E-state index contributed by atoms with van der Waals surface area (Å²) in [6.45, 7) is 3.61. The van der Waals surface area contributed by atoms with Crippen LogP contribution < -0.4 is 5.32 Å². The molecular formula is C11H19N3O2. The molecule has 2 saturated heterocycles. The molecule has 2 aliphatic rings. The van der Waals surface area contributed by atoms with E-state index in [0.717, 1.165) is 32.6 Å². The summed E-state index contributed by atoms with van der Waals surface area (Å²) < 4.78 is 0. The summed E-state index contributed by atoms with van der Waals surface area (Å²) in [6.07, 6.45) is 1.47. The van der Waals surface area contributed by atoms with Crippen molar-refractivity contribution in [3.05, 3.63) is 0 Å². The van der Waals surface area contributed by atoms with Crippen LogP contribution in [0.3, 0.4) is 0 Å². The summed E-state index contributed by atoms with van der Waals surface area (Å²) in [5.74, 6) is 0.663. The Morgan fingerprint density at radius 2 is 2.19 bits per heavy atom. The zero-order valence-corrected chi connectivity index (χ0v) is 9.74. The molecule has 90 valence electrons. The van der Waals surface area contributed by atoms with Gasteiger partial charge in [-0.05, 0) is 25.4 Å². The van der Waals surface area contributed by atoms with Crippen LogP contribution in [-0.2, 0) is 9.59 Å². The number of rotatable bonds is 2. The maximum atomic E-state index is 11.9. The van der Waals surface area contributed by atoms with Crippen LogP contribution in [0.2, 0.25) is 0 Å². The van der Waals surface area contributed by atoms with Crippen molar-refractivity contribution in [2.45, 2.75) is 12.8 Å². The third-order valence-electron chi connectivity index (χ3n) is 3.36. The molecular weight excluding hydrogens is 206 g/mol. The van der Waals surface area contributed by atoms with Crippen molar-refractivity contribution in [3.63, 3.8) is 0 Å². The zero-order valence-electron chi connectivity index (χ0n) is 9.74.